The second-order valence-corrected chi connectivity index (χ2v) is 8.55. The van der Waals surface area contributed by atoms with Crippen LogP contribution in [-0.4, -0.2) is 40.2 Å². The van der Waals surface area contributed by atoms with E-state index >= 15 is 0 Å². The van der Waals surface area contributed by atoms with Crippen molar-refractivity contribution >= 4 is 40.0 Å². The molecule has 3 aromatic rings. The fourth-order valence-corrected chi connectivity index (χ4v) is 4.19. The quantitative estimate of drug-likeness (QED) is 0.509. The molecule has 7 heteroatoms. The molecule has 0 spiro atoms. The topological polar surface area (TPSA) is 78.3 Å². The highest BCUT2D eigenvalue weighted by Gasteiger charge is 2.20. The van der Waals surface area contributed by atoms with E-state index in [1.807, 2.05) is 55.5 Å². The van der Waals surface area contributed by atoms with Gasteiger partial charge >= 0.3 is 0 Å². The van der Waals surface area contributed by atoms with Gasteiger partial charge in [0.1, 0.15) is 5.82 Å². The van der Waals surface area contributed by atoms with Crippen LogP contribution in [0, 0.1) is 10.5 Å². The van der Waals surface area contributed by atoms with Gasteiger partial charge in [-0.05, 0) is 84.8 Å². The lowest BCUT2D eigenvalue weighted by atomic mass is 10.1. The molecule has 1 aliphatic rings. The number of nitrogens with one attached hydrogen (secondary N) is 1. The molecule has 0 radical (unpaired) electrons. The van der Waals surface area contributed by atoms with E-state index in [0.717, 1.165) is 52.3 Å². The van der Waals surface area contributed by atoms with E-state index in [9.17, 15) is 9.90 Å². The number of aliphatic hydroxyl groups is 1. The van der Waals surface area contributed by atoms with Crippen molar-refractivity contribution in [2.24, 2.45) is 0 Å². The average molecular weight is 514 g/mol. The van der Waals surface area contributed by atoms with Crippen molar-refractivity contribution < 1.29 is 9.90 Å². The molecule has 0 aliphatic carbocycles. The van der Waals surface area contributed by atoms with E-state index in [2.05, 4.69) is 42.8 Å². The Morgan fingerprint density at radius 1 is 1.17 bits per heavy atom. The van der Waals surface area contributed by atoms with Gasteiger partial charge in [0, 0.05) is 34.1 Å². The summed E-state index contributed by atoms with van der Waals surface area (Å²) in [5.74, 6) is 0.663. The summed E-state index contributed by atoms with van der Waals surface area (Å²) < 4.78 is 1.07. The minimum atomic E-state index is -0.225. The fourth-order valence-electron chi connectivity index (χ4n) is 3.58. The van der Waals surface area contributed by atoms with E-state index in [-0.39, 0.29) is 12.0 Å². The summed E-state index contributed by atoms with van der Waals surface area (Å²) >= 11 is 2.27. The number of aliphatic hydroxyl groups excluding tert-OH is 1. The minimum Gasteiger partial charge on any atom is -0.393 e. The van der Waals surface area contributed by atoms with Crippen LogP contribution in [0.1, 0.15) is 28.9 Å². The number of carbonyl (C=O) groups is 1. The predicted molar refractivity (Wildman–Crippen MR) is 127 cm³/mol. The molecule has 2 aromatic heterocycles. The summed E-state index contributed by atoms with van der Waals surface area (Å²) in [5, 5.41) is 12.7. The van der Waals surface area contributed by atoms with Crippen molar-refractivity contribution in [2.75, 3.05) is 23.3 Å². The van der Waals surface area contributed by atoms with Gasteiger partial charge in [-0.25, -0.2) is 4.98 Å². The van der Waals surface area contributed by atoms with Gasteiger partial charge < -0.3 is 15.3 Å². The van der Waals surface area contributed by atoms with E-state index < -0.39 is 0 Å². The van der Waals surface area contributed by atoms with E-state index in [0.29, 0.717) is 11.3 Å². The average Bonchev–Trinajstić information content (AvgIpc) is 2.76. The zero-order valence-corrected chi connectivity index (χ0v) is 18.8. The van der Waals surface area contributed by atoms with Gasteiger partial charge in [0.15, 0.2) is 0 Å². The van der Waals surface area contributed by atoms with Gasteiger partial charge in [-0.3, -0.25) is 9.78 Å². The highest BCUT2D eigenvalue weighted by molar-refractivity contribution is 14.1. The first-order valence-corrected chi connectivity index (χ1v) is 11.0. The highest BCUT2D eigenvalue weighted by Crippen LogP contribution is 2.27. The molecule has 1 fully saturated rings. The third kappa shape index (κ3) is 4.62. The molecule has 30 heavy (non-hydrogen) atoms. The Balaban J connectivity index is 1.52. The van der Waals surface area contributed by atoms with Gasteiger partial charge in [-0.1, -0.05) is 6.07 Å². The third-order valence-electron chi connectivity index (χ3n) is 5.27. The molecule has 6 nitrogen and oxygen atoms in total. The summed E-state index contributed by atoms with van der Waals surface area (Å²) in [4.78, 5) is 24.1. The second kappa shape index (κ2) is 9.09. The predicted octanol–water partition coefficient (Wildman–Crippen LogP) is 4.27. The zero-order valence-electron chi connectivity index (χ0n) is 16.7. The number of pyridine rings is 2. The maximum atomic E-state index is 12.9. The molecule has 4 rings (SSSR count). The van der Waals surface area contributed by atoms with Crippen LogP contribution >= 0.6 is 22.6 Å². The Morgan fingerprint density at radius 3 is 2.67 bits per heavy atom. The molecule has 0 unspecified atom stereocenters. The summed E-state index contributed by atoms with van der Waals surface area (Å²) in [5.41, 5.74) is 3.80. The number of aryl methyl sites for hydroxylation is 1. The first-order chi connectivity index (χ1) is 14.5. The number of piperidine rings is 1. The van der Waals surface area contributed by atoms with Crippen LogP contribution in [-0.2, 0) is 0 Å². The summed E-state index contributed by atoms with van der Waals surface area (Å²) in [6, 6.07) is 15.3. The molecule has 3 heterocycles. The van der Waals surface area contributed by atoms with Crippen LogP contribution in [0.2, 0.25) is 0 Å². The Kier molecular flexibility index (Phi) is 6.29. The SMILES string of the molecule is Cc1nc(N2CCC(O)CC2)ccc1C(=O)Nc1ccc(I)c(-c2ccccn2)c1. The lowest BCUT2D eigenvalue weighted by molar-refractivity contribution is 0.102. The first kappa shape index (κ1) is 20.7. The zero-order chi connectivity index (χ0) is 21.1. The lowest BCUT2D eigenvalue weighted by Crippen LogP contribution is -2.36. The van der Waals surface area contributed by atoms with Crippen LogP contribution in [0.3, 0.4) is 0 Å². The van der Waals surface area contributed by atoms with E-state index in [1.165, 1.54) is 0 Å². The number of hydrogen-bond donors (Lipinski definition) is 2. The number of amides is 1. The molecule has 1 saturated heterocycles. The molecular weight excluding hydrogens is 491 g/mol. The Morgan fingerprint density at radius 2 is 1.97 bits per heavy atom. The molecule has 1 amide bonds. The molecule has 0 atom stereocenters. The molecule has 154 valence electrons. The maximum Gasteiger partial charge on any atom is 0.257 e. The van der Waals surface area contributed by atoms with Gasteiger partial charge in [-0.2, -0.15) is 0 Å². The highest BCUT2D eigenvalue weighted by atomic mass is 127. The van der Waals surface area contributed by atoms with Crippen molar-refractivity contribution in [3.8, 4) is 11.3 Å². The van der Waals surface area contributed by atoms with Crippen LogP contribution in [0.25, 0.3) is 11.3 Å². The van der Waals surface area contributed by atoms with Crippen molar-refractivity contribution in [3.05, 3.63) is 69.6 Å². The second-order valence-electron chi connectivity index (χ2n) is 7.38. The number of anilines is 2. The van der Waals surface area contributed by atoms with Gasteiger partial charge in [0.25, 0.3) is 5.91 Å². The molecular formula is C23H23IN4O2. The van der Waals surface area contributed by atoms with Crippen LogP contribution < -0.4 is 10.2 Å². The van der Waals surface area contributed by atoms with Crippen LogP contribution in [0.15, 0.2) is 54.7 Å². The van der Waals surface area contributed by atoms with Gasteiger partial charge in [-0.15, -0.1) is 0 Å². The van der Waals surface area contributed by atoms with Crippen molar-refractivity contribution in [3.63, 3.8) is 0 Å². The van der Waals surface area contributed by atoms with E-state index in [4.69, 9.17) is 0 Å². The normalized spacial score (nSPS) is 14.6. The smallest absolute Gasteiger partial charge is 0.257 e. The molecule has 1 aromatic carbocycles. The number of nitrogens with zero attached hydrogens (tertiary/aromatic N) is 3. The monoisotopic (exact) mass is 514 g/mol. The number of rotatable bonds is 4. The van der Waals surface area contributed by atoms with Crippen molar-refractivity contribution in [2.45, 2.75) is 25.9 Å². The maximum absolute atomic E-state index is 12.9. The standard InChI is InChI=1S/C23H23IN4O2/c1-15-18(6-8-22(26-15)28-12-9-17(29)10-13-28)23(30)27-16-5-7-20(24)19(14-16)21-4-2-3-11-25-21/h2-8,11,14,17,29H,9-10,12-13H2,1H3,(H,27,30). The first-order valence-electron chi connectivity index (χ1n) is 9.94. The molecule has 1 aliphatic heterocycles. The molecule has 0 saturated carbocycles. The number of hydrogen-bond acceptors (Lipinski definition) is 5. The number of benzene rings is 1. The van der Waals surface area contributed by atoms with Crippen LogP contribution in [0.5, 0.6) is 0 Å². The molecule has 2 N–H and O–H groups in total. The van der Waals surface area contributed by atoms with E-state index in [1.54, 1.807) is 6.20 Å². The fraction of sp³-hybridized carbons (Fsp3) is 0.261. The molecule has 0 bridgehead atoms. The van der Waals surface area contributed by atoms with Crippen molar-refractivity contribution in [1.29, 1.82) is 0 Å². The Hall–Kier alpha value is -2.52. The summed E-state index contributed by atoms with van der Waals surface area (Å²) in [6.07, 6.45) is 3.02. The third-order valence-corrected chi connectivity index (χ3v) is 6.21. The van der Waals surface area contributed by atoms with Gasteiger partial charge in [0.2, 0.25) is 0 Å². The lowest BCUT2D eigenvalue weighted by Gasteiger charge is -2.30. The van der Waals surface area contributed by atoms with Crippen molar-refractivity contribution in [1.82, 2.24) is 9.97 Å². The number of halogens is 1. The minimum absolute atomic E-state index is 0.186. The summed E-state index contributed by atoms with van der Waals surface area (Å²) in [7, 11) is 0. The Labute approximate surface area is 189 Å². The largest absolute Gasteiger partial charge is 0.393 e. The Bertz CT molecular complexity index is 1050. The number of carbonyl (C=O) groups excluding carboxylic acids is 1. The van der Waals surface area contributed by atoms with Crippen LogP contribution in [0.4, 0.5) is 11.5 Å². The summed E-state index contributed by atoms with van der Waals surface area (Å²) in [6.45, 7) is 3.40. The number of aromatic nitrogens is 2. The van der Waals surface area contributed by atoms with Gasteiger partial charge in [0.05, 0.1) is 23.1 Å².